The zero-order chi connectivity index (χ0) is 14.9. The highest BCUT2D eigenvalue weighted by Crippen LogP contribution is 2.08. The quantitative estimate of drug-likeness (QED) is 0.389. The number of rotatable bonds is 15. The summed E-state index contributed by atoms with van der Waals surface area (Å²) in [7, 11) is 0. The van der Waals surface area contributed by atoms with E-state index < -0.39 is 0 Å². The third kappa shape index (κ3) is 15.5. The molecule has 0 saturated heterocycles. The van der Waals surface area contributed by atoms with Crippen molar-refractivity contribution in [3.63, 3.8) is 0 Å². The first-order valence-electron chi connectivity index (χ1n) is 9.08. The van der Waals surface area contributed by atoms with Gasteiger partial charge in [0.15, 0.2) is 0 Å². The highest BCUT2D eigenvalue weighted by molar-refractivity contribution is 5.75. The Balaban J connectivity index is 3.11. The van der Waals surface area contributed by atoms with Crippen LogP contribution in [0.15, 0.2) is 0 Å². The predicted octanol–water partition coefficient (Wildman–Crippen LogP) is 5.60. The minimum atomic E-state index is 0.254. The second kappa shape index (κ2) is 16.5. The van der Waals surface area contributed by atoms with Crippen molar-refractivity contribution in [3.8, 4) is 0 Å². The van der Waals surface area contributed by atoms with Crippen molar-refractivity contribution in [2.24, 2.45) is 0 Å². The maximum Gasteiger partial charge on any atom is 0.219 e. The zero-order valence-corrected chi connectivity index (χ0v) is 14.0. The molecule has 0 radical (unpaired) electrons. The molecular formula is C18H37NO. The lowest BCUT2D eigenvalue weighted by Crippen LogP contribution is -2.23. The van der Waals surface area contributed by atoms with Gasteiger partial charge < -0.3 is 5.32 Å². The van der Waals surface area contributed by atoms with Gasteiger partial charge >= 0.3 is 0 Å². The van der Waals surface area contributed by atoms with Crippen molar-refractivity contribution in [1.29, 1.82) is 0 Å². The monoisotopic (exact) mass is 283 g/mol. The molecule has 0 aromatic heterocycles. The Bertz CT molecular complexity index is 204. The van der Waals surface area contributed by atoms with Gasteiger partial charge in [0.1, 0.15) is 0 Å². The molecule has 0 atom stereocenters. The number of carbonyl (C=O) groups excluding carboxylic acids is 1. The molecule has 0 rings (SSSR count). The molecule has 0 fully saturated rings. The average Bonchev–Trinajstić information content (AvgIpc) is 2.45. The average molecular weight is 284 g/mol. The van der Waals surface area contributed by atoms with E-state index in [9.17, 15) is 4.79 Å². The summed E-state index contributed by atoms with van der Waals surface area (Å²) < 4.78 is 0. The van der Waals surface area contributed by atoms with E-state index in [0.717, 1.165) is 25.8 Å². The molecular weight excluding hydrogens is 246 g/mol. The summed E-state index contributed by atoms with van der Waals surface area (Å²) in [4.78, 5) is 11.6. The maximum absolute atomic E-state index is 11.6. The maximum atomic E-state index is 11.6. The minimum absolute atomic E-state index is 0.254. The van der Waals surface area contributed by atoms with Gasteiger partial charge in [0, 0.05) is 13.0 Å². The van der Waals surface area contributed by atoms with Crippen LogP contribution in [0, 0.1) is 0 Å². The molecule has 1 amide bonds. The highest BCUT2D eigenvalue weighted by atomic mass is 16.1. The highest BCUT2D eigenvalue weighted by Gasteiger charge is 2.00. The first-order valence-corrected chi connectivity index (χ1v) is 9.08. The molecule has 0 aliphatic rings. The summed E-state index contributed by atoms with van der Waals surface area (Å²) in [6, 6.07) is 0. The van der Waals surface area contributed by atoms with Gasteiger partial charge in [-0.25, -0.2) is 0 Å². The van der Waals surface area contributed by atoms with Crippen LogP contribution in [0.25, 0.3) is 0 Å². The second-order valence-electron chi connectivity index (χ2n) is 5.99. The Morgan fingerprint density at radius 1 is 0.650 bits per heavy atom. The lowest BCUT2D eigenvalue weighted by Gasteiger charge is -2.05. The van der Waals surface area contributed by atoms with Crippen LogP contribution in [0.1, 0.15) is 104 Å². The number of hydrogen-bond donors (Lipinski definition) is 1. The minimum Gasteiger partial charge on any atom is -0.356 e. The predicted molar refractivity (Wildman–Crippen MR) is 89.0 cm³/mol. The summed E-state index contributed by atoms with van der Waals surface area (Å²) in [5.74, 6) is 0.254. The van der Waals surface area contributed by atoms with Crippen molar-refractivity contribution in [2.75, 3.05) is 6.54 Å². The fourth-order valence-corrected chi connectivity index (χ4v) is 2.46. The number of carbonyl (C=O) groups is 1. The van der Waals surface area contributed by atoms with E-state index in [-0.39, 0.29) is 5.91 Å². The molecule has 0 aliphatic heterocycles. The lowest BCUT2D eigenvalue weighted by molar-refractivity contribution is -0.121. The molecule has 0 aromatic rings. The SMILES string of the molecule is CCCCCCCCCCNC(=O)CCCCCCC. The van der Waals surface area contributed by atoms with Crippen molar-refractivity contribution in [3.05, 3.63) is 0 Å². The largest absolute Gasteiger partial charge is 0.356 e. The van der Waals surface area contributed by atoms with E-state index in [2.05, 4.69) is 19.2 Å². The van der Waals surface area contributed by atoms with Gasteiger partial charge in [-0.15, -0.1) is 0 Å². The van der Waals surface area contributed by atoms with Crippen LogP contribution in [0.3, 0.4) is 0 Å². The van der Waals surface area contributed by atoms with E-state index in [1.807, 2.05) is 0 Å². The number of nitrogens with one attached hydrogen (secondary N) is 1. The molecule has 20 heavy (non-hydrogen) atoms. The Hall–Kier alpha value is -0.530. The van der Waals surface area contributed by atoms with E-state index in [1.165, 1.54) is 70.6 Å². The van der Waals surface area contributed by atoms with Crippen LogP contribution < -0.4 is 5.32 Å². The Morgan fingerprint density at radius 2 is 1.10 bits per heavy atom. The molecule has 0 aliphatic carbocycles. The fraction of sp³-hybridized carbons (Fsp3) is 0.944. The van der Waals surface area contributed by atoms with Gasteiger partial charge in [0.05, 0.1) is 0 Å². The molecule has 0 spiro atoms. The fourth-order valence-electron chi connectivity index (χ4n) is 2.46. The van der Waals surface area contributed by atoms with Crippen LogP contribution in [0.2, 0.25) is 0 Å². The van der Waals surface area contributed by atoms with Crippen LogP contribution >= 0.6 is 0 Å². The Labute approximate surface area is 127 Å². The van der Waals surface area contributed by atoms with Gasteiger partial charge in [-0.05, 0) is 12.8 Å². The van der Waals surface area contributed by atoms with Crippen LogP contribution in [0.5, 0.6) is 0 Å². The first kappa shape index (κ1) is 19.5. The number of amides is 1. The van der Waals surface area contributed by atoms with Gasteiger partial charge in [-0.3, -0.25) is 4.79 Å². The molecule has 0 heterocycles. The Morgan fingerprint density at radius 3 is 1.65 bits per heavy atom. The summed E-state index contributed by atoms with van der Waals surface area (Å²) in [5.41, 5.74) is 0. The Kier molecular flexibility index (Phi) is 16.1. The summed E-state index contributed by atoms with van der Waals surface area (Å²) in [5, 5.41) is 3.05. The van der Waals surface area contributed by atoms with Gasteiger partial charge in [-0.2, -0.15) is 0 Å². The van der Waals surface area contributed by atoms with E-state index in [1.54, 1.807) is 0 Å². The summed E-state index contributed by atoms with van der Waals surface area (Å²) in [6.45, 7) is 5.35. The molecule has 0 aromatic carbocycles. The van der Waals surface area contributed by atoms with Gasteiger partial charge in [0.2, 0.25) is 5.91 Å². The molecule has 0 saturated carbocycles. The topological polar surface area (TPSA) is 29.1 Å². The number of hydrogen-bond acceptors (Lipinski definition) is 1. The molecule has 120 valence electrons. The summed E-state index contributed by atoms with van der Waals surface area (Å²) in [6.07, 6.45) is 17.4. The zero-order valence-electron chi connectivity index (χ0n) is 14.0. The van der Waals surface area contributed by atoms with Crippen molar-refractivity contribution >= 4 is 5.91 Å². The van der Waals surface area contributed by atoms with E-state index in [4.69, 9.17) is 0 Å². The van der Waals surface area contributed by atoms with Gasteiger partial charge in [-0.1, -0.05) is 84.5 Å². The van der Waals surface area contributed by atoms with Crippen molar-refractivity contribution < 1.29 is 4.79 Å². The van der Waals surface area contributed by atoms with E-state index >= 15 is 0 Å². The second-order valence-corrected chi connectivity index (χ2v) is 5.99. The van der Waals surface area contributed by atoms with Crippen LogP contribution in [-0.2, 0) is 4.79 Å². The molecule has 0 unspecified atom stereocenters. The molecule has 1 N–H and O–H groups in total. The van der Waals surface area contributed by atoms with Crippen LogP contribution in [-0.4, -0.2) is 12.5 Å². The number of unbranched alkanes of at least 4 members (excludes halogenated alkanes) is 11. The van der Waals surface area contributed by atoms with Crippen molar-refractivity contribution in [2.45, 2.75) is 104 Å². The first-order chi connectivity index (χ1) is 9.81. The molecule has 0 bridgehead atoms. The third-order valence-electron chi connectivity index (χ3n) is 3.86. The smallest absolute Gasteiger partial charge is 0.219 e. The molecule has 2 heteroatoms. The standard InChI is InChI=1S/C18H37NO/c1-3-5-7-9-10-11-13-15-17-19-18(20)16-14-12-8-6-4-2/h3-17H2,1-2H3,(H,19,20). The van der Waals surface area contributed by atoms with E-state index in [0.29, 0.717) is 0 Å². The van der Waals surface area contributed by atoms with Crippen molar-refractivity contribution in [1.82, 2.24) is 5.32 Å². The normalized spacial score (nSPS) is 10.7. The van der Waals surface area contributed by atoms with Gasteiger partial charge in [0.25, 0.3) is 0 Å². The molecule has 2 nitrogen and oxygen atoms in total. The summed E-state index contributed by atoms with van der Waals surface area (Å²) >= 11 is 0. The van der Waals surface area contributed by atoms with Crippen LogP contribution in [0.4, 0.5) is 0 Å². The lowest BCUT2D eigenvalue weighted by atomic mass is 10.1. The third-order valence-corrected chi connectivity index (χ3v) is 3.86.